The van der Waals surface area contributed by atoms with Gasteiger partial charge in [0, 0.05) is 13.6 Å². The lowest BCUT2D eigenvalue weighted by molar-refractivity contribution is -0.123. The molecule has 1 unspecified atom stereocenters. The van der Waals surface area contributed by atoms with Crippen LogP contribution in [0.5, 0.6) is 0 Å². The molecule has 1 amide bonds. The van der Waals surface area contributed by atoms with E-state index in [0.717, 1.165) is 0 Å². The van der Waals surface area contributed by atoms with Gasteiger partial charge in [0.1, 0.15) is 11.4 Å². The van der Waals surface area contributed by atoms with Gasteiger partial charge in [-0.2, -0.15) is 0 Å². The van der Waals surface area contributed by atoms with Gasteiger partial charge < -0.3 is 16.0 Å². The molecule has 0 heterocycles. The second-order valence-corrected chi connectivity index (χ2v) is 4.53. The summed E-state index contributed by atoms with van der Waals surface area (Å²) in [6.45, 7) is 4.53. The summed E-state index contributed by atoms with van der Waals surface area (Å²) in [5.74, 6) is -0.768. The summed E-state index contributed by atoms with van der Waals surface area (Å²) in [5.41, 5.74) is 4.96. The van der Waals surface area contributed by atoms with E-state index < -0.39 is 11.4 Å². The lowest BCUT2D eigenvalue weighted by Crippen LogP contribution is -2.59. The Hall–Kier alpha value is -1.62. The predicted molar refractivity (Wildman–Crippen MR) is 70.9 cm³/mol. The van der Waals surface area contributed by atoms with E-state index in [1.165, 1.54) is 6.07 Å². The Morgan fingerprint density at radius 3 is 2.61 bits per heavy atom. The molecule has 1 rings (SSSR count). The number of rotatable bonds is 6. The van der Waals surface area contributed by atoms with Gasteiger partial charge in [-0.3, -0.25) is 4.79 Å². The Kier molecular flexibility index (Phi) is 4.67. The molecule has 4 nitrogen and oxygen atoms in total. The van der Waals surface area contributed by atoms with E-state index in [4.69, 9.17) is 5.73 Å². The Morgan fingerprint density at radius 1 is 1.50 bits per heavy atom. The zero-order chi connectivity index (χ0) is 13.8. The number of hydrogen-bond donors (Lipinski definition) is 2. The number of para-hydroxylation sites is 1. The largest absolute Gasteiger partial charge is 0.370 e. The number of nitrogens with two attached hydrogens (primary N) is 1. The Morgan fingerprint density at radius 2 is 2.11 bits per heavy atom. The first-order valence-electron chi connectivity index (χ1n) is 5.91. The maximum absolute atomic E-state index is 13.6. The third kappa shape index (κ3) is 3.20. The van der Waals surface area contributed by atoms with Crippen LogP contribution in [0.15, 0.2) is 24.3 Å². The van der Waals surface area contributed by atoms with Crippen LogP contribution < -0.4 is 16.0 Å². The number of nitrogens with zero attached hydrogens (tertiary/aromatic N) is 1. The molecule has 0 spiro atoms. The van der Waals surface area contributed by atoms with Crippen molar-refractivity contribution in [2.45, 2.75) is 19.4 Å². The number of primary amides is 1. The fourth-order valence-electron chi connectivity index (χ4n) is 1.93. The molecule has 5 heteroatoms. The van der Waals surface area contributed by atoms with Crippen LogP contribution >= 0.6 is 0 Å². The number of anilines is 1. The van der Waals surface area contributed by atoms with Crippen LogP contribution in [0, 0.1) is 5.82 Å². The number of carbonyl (C=O) groups is 1. The van der Waals surface area contributed by atoms with E-state index in [1.807, 2.05) is 6.92 Å². The highest BCUT2D eigenvalue weighted by molar-refractivity contribution is 5.85. The smallest absolute Gasteiger partial charge is 0.239 e. The van der Waals surface area contributed by atoms with Gasteiger partial charge in [-0.1, -0.05) is 19.1 Å². The zero-order valence-corrected chi connectivity index (χ0v) is 11.0. The normalized spacial score (nSPS) is 14.0. The van der Waals surface area contributed by atoms with E-state index in [-0.39, 0.29) is 5.82 Å². The highest BCUT2D eigenvalue weighted by atomic mass is 19.1. The van der Waals surface area contributed by atoms with E-state index in [1.54, 1.807) is 37.1 Å². The zero-order valence-electron chi connectivity index (χ0n) is 11.0. The quantitative estimate of drug-likeness (QED) is 0.798. The molecule has 0 aliphatic heterocycles. The SMILES string of the molecule is CCNC(C)(CN(C)c1ccccc1F)C(N)=O. The van der Waals surface area contributed by atoms with Crippen molar-refractivity contribution in [2.75, 3.05) is 25.0 Å². The van der Waals surface area contributed by atoms with E-state index in [0.29, 0.717) is 18.8 Å². The number of halogens is 1. The summed E-state index contributed by atoms with van der Waals surface area (Å²) in [7, 11) is 1.73. The van der Waals surface area contributed by atoms with Crippen LogP contribution in [-0.2, 0) is 4.79 Å². The van der Waals surface area contributed by atoms with Gasteiger partial charge in [-0.05, 0) is 25.6 Å². The lowest BCUT2D eigenvalue weighted by Gasteiger charge is -2.33. The number of likely N-dealkylation sites (N-methyl/N-ethyl adjacent to an activating group) is 2. The van der Waals surface area contributed by atoms with Crippen LogP contribution in [0.25, 0.3) is 0 Å². The van der Waals surface area contributed by atoms with Crippen molar-refractivity contribution in [1.82, 2.24) is 5.32 Å². The summed E-state index contributed by atoms with van der Waals surface area (Å²) in [4.78, 5) is 13.2. The molecule has 100 valence electrons. The molecule has 0 saturated carbocycles. The second kappa shape index (κ2) is 5.82. The second-order valence-electron chi connectivity index (χ2n) is 4.53. The standard InChI is InChI=1S/C13H20FN3O/c1-4-16-13(2,12(15)18)9-17(3)11-8-6-5-7-10(11)14/h5-8,16H,4,9H2,1-3H3,(H2,15,18). The van der Waals surface area contributed by atoms with Gasteiger partial charge in [0.2, 0.25) is 5.91 Å². The minimum absolute atomic E-state index is 0.303. The molecular weight excluding hydrogens is 233 g/mol. The van der Waals surface area contributed by atoms with E-state index in [9.17, 15) is 9.18 Å². The number of benzene rings is 1. The summed E-state index contributed by atoms with van der Waals surface area (Å²) >= 11 is 0. The molecule has 18 heavy (non-hydrogen) atoms. The summed E-state index contributed by atoms with van der Waals surface area (Å²) in [6.07, 6.45) is 0. The van der Waals surface area contributed by atoms with Gasteiger partial charge in [0.25, 0.3) is 0 Å². The Labute approximate surface area is 107 Å². The maximum Gasteiger partial charge on any atom is 0.239 e. The predicted octanol–water partition coefficient (Wildman–Crippen LogP) is 1.12. The number of hydrogen-bond acceptors (Lipinski definition) is 3. The highest BCUT2D eigenvalue weighted by Crippen LogP contribution is 2.19. The minimum atomic E-state index is -0.883. The molecule has 1 aromatic carbocycles. The molecule has 3 N–H and O–H groups in total. The van der Waals surface area contributed by atoms with Gasteiger partial charge in [0.05, 0.1) is 5.69 Å². The van der Waals surface area contributed by atoms with Crippen molar-refractivity contribution in [3.63, 3.8) is 0 Å². The maximum atomic E-state index is 13.6. The van der Waals surface area contributed by atoms with Crippen molar-refractivity contribution in [3.8, 4) is 0 Å². The molecule has 0 bridgehead atoms. The monoisotopic (exact) mass is 253 g/mol. The Balaban J connectivity index is 2.89. The number of nitrogens with one attached hydrogen (secondary N) is 1. The summed E-state index contributed by atoms with van der Waals surface area (Å²) in [6, 6.07) is 6.44. The molecule has 0 radical (unpaired) electrons. The van der Waals surface area contributed by atoms with Crippen molar-refractivity contribution >= 4 is 11.6 Å². The van der Waals surface area contributed by atoms with Gasteiger partial charge in [0.15, 0.2) is 0 Å². The molecule has 0 aliphatic rings. The highest BCUT2D eigenvalue weighted by Gasteiger charge is 2.31. The first-order chi connectivity index (χ1) is 8.40. The van der Waals surface area contributed by atoms with Crippen LogP contribution in [-0.4, -0.2) is 31.6 Å². The van der Waals surface area contributed by atoms with E-state index >= 15 is 0 Å². The van der Waals surface area contributed by atoms with Crippen LogP contribution in [0.4, 0.5) is 10.1 Å². The van der Waals surface area contributed by atoms with Crippen molar-refractivity contribution < 1.29 is 9.18 Å². The van der Waals surface area contributed by atoms with Crippen LogP contribution in [0.2, 0.25) is 0 Å². The van der Waals surface area contributed by atoms with Crippen molar-refractivity contribution in [2.24, 2.45) is 5.73 Å². The molecule has 0 saturated heterocycles. The first-order valence-corrected chi connectivity index (χ1v) is 5.91. The number of amides is 1. The Bertz CT molecular complexity index is 424. The minimum Gasteiger partial charge on any atom is -0.370 e. The molecular formula is C13H20FN3O. The fourth-order valence-corrected chi connectivity index (χ4v) is 1.93. The lowest BCUT2D eigenvalue weighted by atomic mass is 10.0. The molecule has 0 fully saturated rings. The summed E-state index contributed by atoms with van der Waals surface area (Å²) in [5, 5.41) is 3.04. The topological polar surface area (TPSA) is 58.4 Å². The van der Waals surface area contributed by atoms with Crippen molar-refractivity contribution in [1.29, 1.82) is 0 Å². The van der Waals surface area contributed by atoms with Crippen LogP contribution in [0.1, 0.15) is 13.8 Å². The number of carbonyl (C=O) groups excluding carboxylic acids is 1. The average molecular weight is 253 g/mol. The summed E-state index contributed by atoms with van der Waals surface area (Å²) < 4.78 is 13.6. The molecule has 0 aliphatic carbocycles. The molecule has 1 aromatic rings. The van der Waals surface area contributed by atoms with Crippen LogP contribution in [0.3, 0.4) is 0 Å². The molecule has 0 aromatic heterocycles. The fraction of sp³-hybridized carbons (Fsp3) is 0.462. The molecule has 1 atom stereocenters. The third-order valence-electron chi connectivity index (χ3n) is 2.93. The average Bonchev–Trinajstić information content (AvgIpc) is 2.29. The van der Waals surface area contributed by atoms with Gasteiger partial charge in [-0.25, -0.2) is 4.39 Å². The van der Waals surface area contributed by atoms with Gasteiger partial charge in [-0.15, -0.1) is 0 Å². The third-order valence-corrected chi connectivity index (χ3v) is 2.93. The van der Waals surface area contributed by atoms with E-state index in [2.05, 4.69) is 5.32 Å². The van der Waals surface area contributed by atoms with Crippen molar-refractivity contribution in [3.05, 3.63) is 30.1 Å². The van der Waals surface area contributed by atoms with Gasteiger partial charge >= 0.3 is 0 Å². The first kappa shape index (κ1) is 14.4.